The Morgan fingerprint density at radius 2 is 0.618 bits per heavy atom. The number of carbonyl (C=O) groups is 3. The molecule has 0 saturated heterocycles. The Hall–Kier alpha value is -2.11. The minimum absolute atomic E-state index is 0.0726. The summed E-state index contributed by atoms with van der Waals surface area (Å²) >= 11 is 0. The SMILES string of the molecule is CCCC/C=C\CCCCCCCC(=O)OC[C@H](COC(=O)CCCCCCCCCCCCC)OC(=O)CCCCCCCCC/C=C\CCCCCC. The van der Waals surface area contributed by atoms with Crippen LogP contribution in [0, 0.1) is 0 Å². The first-order valence-electron chi connectivity index (χ1n) is 23.8. The van der Waals surface area contributed by atoms with Crippen LogP contribution in [0.3, 0.4) is 0 Å². The molecule has 0 amide bonds. The van der Waals surface area contributed by atoms with Crippen molar-refractivity contribution in [2.75, 3.05) is 13.2 Å². The van der Waals surface area contributed by atoms with Crippen molar-refractivity contribution in [3.8, 4) is 0 Å². The molecule has 0 saturated carbocycles. The number of hydrogen-bond acceptors (Lipinski definition) is 6. The maximum atomic E-state index is 12.7. The Kier molecular flexibility index (Phi) is 42.9. The maximum absolute atomic E-state index is 12.7. The molecule has 0 bridgehead atoms. The van der Waals surface area contributed by atoms with E-state index in [9.17, 15) is 14.4 Å². The van der Waals surface area contributed by atoms with E-state index in [0.717, 1.165) is 64.2 Å². The van der Waals surface area contributed by atoms with E-state index in [-0.39, 0.29) is 31.1 Å². The van der Waals surface area contributed by atoms with Gasteiger partial charge in [-0.1, -0.05) is 193 Å². The molecule has 1 atom stereocenters. The van der Waals surface area contributed by atoms with Gasteiger partial charge in [-0.3, -0.25) is 14.4 Å². The largest absolute Gasteiger partial charge is 0.462 e. The van der Waals surface area contributed by atoms with Crippen LogP contribution >= 0.6 is 0 Å². The fraction of sp³-hybridized carbons (Fsp3) is 0.857. The summed E-state index contributed by atoms with van der Waals surface area (Å²) < 4.78 is 16.7. The first-order chi connectivity index (χ1) is 27.0. The molecule has 55 heavy (non-hydrogen) atoms. The summed E-state index contributed by atoms with van der Waals surface area (Å²) in [7, 11) is 0. The Balaban J connectivity index is 4.36. The number of carbonyl (C=O) groups excluding carboxylic acids is 3. The van der Waals surface area contributed by atoms with Gasteiger partial charge in [0, 0.05) is 19.3 Å². The van der Waals surface area contributed by atoms with Crippen LogP contribution in [-0.2, 0) is 28.6 Å². The van der Waals surface area contributed by atoms with Crippen molar-refractivity contribution in [2.45, 2.75) is 258 Å². The van der Waals surface area contributed by atoms with Gasteiger partial charge >= 0.3 is 17.9 Å². The second-order valence-corrected chi connectivity index (χ2v) is 16.0. The van der Waals surface area contributed by atoms with E-state index >= 15 is 0 Å². The topological polar surface area (TPSA) is 78.9 Å². The highest BCUT2D eigenvalue weighted by atomic mass is 16.6. The molecular formula is C49H90O6. The molecule has 0 fully saturated rings. The lowest BCUT2D eigenvalue weighted by Crippen LogP contribution is -2.30. The third-order valence-corrected chi connectivity index (χ3v) is 10.4. The van der Waals surface area contributed by atoms with Crippen LogP contribution in [0.2, 0.25) is 0 Å². The summed E-state index contributed by atoms with van der Waals surface area (Å²) in [5.74, 6) is -0.882. The van der Waals surface area contributed by atoms with E-state index in [2.05, 4.69) is 45.1 Å². The van der Waals surface area contributed by atoms with E-state index in [1.165, 1.54) is 148 Å². The molecule has 0 aliphatic heterocycles. The number of hydrogen-bond donors (Lipinski definition) is 0. The zero-order valence-electron chi connectivity index (χ0n) is 36.7. The Morgan fingerprint density at radius 1 is 0.345 bits per heavy atom. The van der Waals surface area contributed by atoms with E-state index in [4.69, 9.17) is 14.2 Å². The predicted octanol–water partition coefficient (Wildman–Crippen LogP) is 15.2. The standard InChI is InChI=1S/C49H90O6/c1-4-7-10-13-16-19-22-23-24-25-28-31-34-37-40-43-49(52)55-46(44-53-47(50)41-38-35-32-29-26-20-17-14-11-8-5-2)45-54-48(51)42-39-36-33-30-27-21-18-15-12-9-6-3/h14,17,19,22,46H,4-13,15-16,18,20-21,23-45H2,1-3H3/b17-14-,22-19-/t46-/m1/s1. The van der Waals surface area contributed by atoms with Crippen LogP contribution < -0.4 is 0 Å². The number of unbranched alkanes of at least 4 members (excludes halogenated alkanes) is 28. The average molecular weight is 775 g/mol. The van der Waals surface area contributed by atoms with E-state index in [0.29, 0.717) is 19.3 Å². The number of esters is 3. The maximum Gasteiger partial charge on any atom is 0.306 e. The first-order valence-corrected chi connectivity index (χ1v) is 23.8. The van der Waals surface area contributed by atoms with Crippen molar-refractivity contribution in [1.29, 1.82) is 0 Å². The first kappa shape index (κ1) is 52.9. The van der Waals surface area contributed by atoms with E-state index in [1.807, 2.05) is 0 Å². The van der Waals surface area contributed by atoms with Crippen LogP contribution in [0.5, 0.6) is 0 Å². The lowest BCUT2D eigenvalue weighted by atomic mass is 10.1. The molecule has 0 aliphatic rings. The van der Waals surface area contributed by atoms with Gasteiger partial charge in [-0.2, -0.15) is 0 Å². The lowest BCUT2D eigenvalue weighted by Gasteiger charge is -2.18. The summed E-state index contributed by atoms with van der Waals surface area (Å²) in [6.45, 7) is 6.58. The molecule has 0 unspecified atom stereocenters. The molecule has 0 spiro atoms. The molecule has 0 rings (SSSR count). The summed E-state index contributed by atoms with van der Waals surface area (Å²) in [5, 5.41) is 0. The van der Waals surface area contributed by atoms with Gasteiger partial charge in [0.15, 0.2) is 6.10 Å². The van der Waals surface area contributed by atoms with E-state index in [1.54, 1.807) is 0 Å². The van der Waals surface area contributed by atoms with Gasteiger partial charge in [-0.15, -0.1) is 0 Å². The highest BCUT2D eigenvalue weighted by molar-refractivity contribution is 5.71. The van der Waals surface area contributed by atoms with Crippen LogP contribution in [-0.4, -0.2) is 37.2 Å². The highest BCUT2D eigenvalue weighted by Gasteiger charge is 2.19. The monoisotopic (exact) mass is 775 g/mol. The van der Waals surface area contributed by atoms with Crippen molar-refractivity contribution < 1.29 is 28.6 Å². The van der Waals surface area contributed by atoms with Gasteiger partial charge in [0.1, 0.15) is 13.2 Å². The zero-order chi connectivity index (χ0) is 40.1. The molecule has 0 N–H and O–H groups in total. The smallest absolute Gasteiger partial charge is 0.306 e. The number of ether oxygens (including phenoxy) is 3. The second-order valence-electron chi connectivity index (χ2n) is 16.0. The minimum Gasteiger partial charge on any atom is -0.462 e. The van der Waals surface area contributed by atoms with Crippen LogP contribution in [0.1, 0.15) is 252 Å². The van der Waals surface area contributed by atoms with Crippen molar-refractivity contribution in [3.05, 3.63) is 24.3 Å². The quantitative estimate of drug-likeness (QED) is 0.0266. The third kappa shape index (κ3) is 42.9. The van der Waals surface area contributed by atoms with Crippen molar-refractivity contribution in [2.24, 2.45) is 0 Å². The summed E-state index contributed by atoms with van der Waals surface area (Å²) in [5.41, 5.74) is 0. The summed E-state index contributed by atoms with van der Waals surface area (Å²) in [6.07, 6.45) is 48.7. The molecule has 0 radical (unpaired) electrons. The molecule has 322 valence electrons. The Labute approximate surface area is 341 Å². The van der Waals surface area contributed by atoms with Crippen LogP contribution in [0.15, 0.2) is 24.3 Å². The van der Waals surface area contributed by atoms with Crippen LogP contribution in [0.25, 0.3) is 0 Å². The molecule has 0 aromatic carbocycles. The minimum atomic E-state index is -0.770. The van der Waals surface area contributed by atoms with Gasteiger partial charge < -0.3 is 14.2 Å². The number of rotatable bonds is 43. The molecule has 0 aromatic rings. The molecule has 6 heteroatoms. The number of allylic oxidation sites excluding steroid dienone is 4. The van der Waals surface area contributed by atoms with Crippen molar-refractivity contribution in [1.82, 2.24) is 0 Å². The molecule has 0 aliphatic carbocycles. The fourth-order valence-electron chi connectivity index (χ4n) is 6.77. The van der Waals surface area contributed by atoms with Gasteiger partial charge in [-0.05, 0) is 64.2 Å². The van der Waals surface area contributed by atoms with Gasteiger partial charge in [0.25, 0.3) is 0 Å². The van der Waals surface area contributed by atoms with E-state index < -0.39 is 6.10 Å². The predicted molar refractivity (Wildman–Crippen MR) is 233 cm³/mol. The normalized spacial score (nSPS) is 12.1. The Bertz CT molecular complexity index is 896. The molecular weight excluding hydrogens is 685 g/mol. The van der Waals surface area contributed by atoms with Crippen molar-refractivity contribution in [3.63, 3.8) is 0 Å². The second kappa shape index (κ2) is 44.6. The molecule has 0 heterocycles. The fourth-order valence-corrected chi connectivity index (χ4v) is 6.77. The average Bonchev–Trinajstić information content (AvgIpc) is 3.18. The highest BCUT2D eigenvalue weighted by Crippen LogP contribution is 2.15. The molecule has 0 aromatic heterocycles. The lowest BCUT2D eigenvalue weighted by molar-refractivity contribution is -0.167. The summed E-state index contributed by atoms with van der Waals surface area (Å²) in [4.78, 5) is 37.7. The van der Waals surface area contributed by atoms with Crippen molar-refractivity contribution >= 4 is 17.9 Å². The molecule has 6 nitrogen and oxygen atoms in total. The summed E-state index contributed by atoms with van der Waals surface area (Å²) in [6, 6.07) is 0. The van der Waals surface area contributed by atoms with Gasteiger partial charge in [0.2, 0.25) is 0 Å². The van der Waals surface area contributed by atoms with Gasteiger partial charge in [0.05, 0.1) is 0 Å². The zero-order valence-corrected chi connectivity index (χ0v) is 36.7. The van der Waals surface area contributed by atoms with Gasteiger partial charge in [-0.25, -0.2) is 0 Å². The third-order valence-electron chi connectivity index (χ3n) is 10.4. The Morgan fingerprint density at radius 3 is 0.982 bits per heavy atom. The van der Waals surface area contributed by atoms with Crippen LogP contribution in [0.4, 0.5) is 0 Å².